The number of hydrogen-bond acceptors (Lipinski definition) is 2. The molecule has 108 valence electrons. The molecule has 19 heavy (non-hydrogen) atoms. The lowest BCUT2D eigenvalue weighted by molar-refractivity contribution is -0.103. The Morgan fingerprint density at radius 2 is 1.42 bits per heavy atom. The van der Waals surface area contributed by atoms with Crippen molar-refractivity contribution in [1.82, 2.24) is 0 Å². The van der Waals surface area contributed by atoms with Crippen molar-refractivity contribution in [2.75, 3.05) is 0 Å². The van der Waals surface area contributed by atoms with Crippen LogP contribution in [-0.2, 0) is 9.31 Å². The number of fused-ring (bicyclic) bond motifs is 2. The summed E-state index contributed by atoms with van der Waals surface area (Å²) in [6, 6.07) is 0. The molecule has 0 N–H and O–H groups in total. The van der Waals surface area contributed by atoms with Gasteiger partial charge in [-0.1, -0.05) is 20.8 Å². The van der Waals surface area contributed by atoms with Gasteiger partial charge in [0.2, 0.25) is 0 Å². The molecule has 1 heterocycles. The fourth-order valence-electron chi connectivity index (χ4n) is 4.61. The Morgan fingerprint density at radius 1 is 0.895 bits per heavy atom. The second kappa shape index (κ2) is 3.79. The molecular formula is C16H29BO2. The van der Waals surface area contributed by atoms with Gasteiger partial charge in [0.05, 0.1) is 11.2 Å². The minimum Gasteiger partial charge on any atom is -0.403 e. The van der Waals surface area contributed by atoms with Gasteiger partial charge in [-0.2, -0.15) is 0 Å². The van der Waals surface area contributed by atoms with Gasteiger partial charge in [0.25, 0.3) is 0 Å². The molecule has 4 aliphatic rings. The molecule has 3 aliphatic carbocycles. The van der Waals surface area contributed by atoms with E-state index in [4.69, 9.17) is 9.31 Å². The van der Waals surface area contributed by atoms with E-state index in [0.717, 1.165) is 17.8 Å². The second-order valence-corrected chi connectivity index (χ2v) is 8.74. The Kier molecular flexibility index (Phi) is 2.78. The van der Waals surface area contributed by atoms with Crippen LogP contribution in [0.2, 0.25) is 5.82 Å². The molecule has 2 bridgehead atoms. The minimum absolute atomic E-state index is 0.00130. The van der Waals surface area contributed by atoms with Gasteiger partial charge in [0, 0.05) is 0 Å². The molecule has 0 radical (unpaired) electrons. The van der Waals surface area contributed by atoms with Crippen LogP contribution in [0.25, 0.3) is 0 Å². The fraction of sp³-hybridized carbons (Fsp3) is 1.00. The second-order valence-electron chi connectivity index (χ2n) is 8.74. The summed E-state index contributed by atoms with van der Waals surface area (Å²) in [7, 11) is 0.00130. The van der Waals surface area contributed by atoms with Gasteiger partial charge >= 0.3 is 7.12 Å². The van der Waals surface area contributed by atoms with Crippen LogP contribution in [0.3, 0.4) is 0 Å². The van der Waals surface area contributed by atoms with Crippen molar-refractivity contribution in [3.8, 4) is 0 Å². The summed E-state index contributed by atoms with van der Waals surface area (Å²) < 4.78 is 12.6. The predicted molar refractivity (Wildman–Crippen MR) is 79.0 cm³/mol. The molecule has 3 saturated carbocycles. The first kappa shape index (κ1) is 13.9. The monoisotopic (exact) mass is 264 g/mol. The maximum absolute atomic E-state index is 6.29. The fourth-order valence-corrected chi connectivity index (χ4v) is 4.61. The van der Waals surface area contributed by atoms with Crippen molar-refractivity contribution in [3.63, 3.8) is 0 Å². The van der Waals surface area contributed by atoms with Crippen LogP contribution < -0.4 is 0 Å². The quantitative estimate of drug-likeness (QED) is 0.662. The summed E-state index contributed by atoms with van der Waals surface area (Å²) >= 11 is 0. The average molecular weight is 264 g/mol. The van der Waals surface area contributed by atoms with E-state index in [9.17, 15) is 0 Å². The van der Waals surface area contributed by atoms with Crippen LogP contribution in [0.4, 0.5) is 0 Å². The lowest BCUT2D eigenvalue weighted by Gasteiger charge is -2.62. The van der Waals surface area contributed by atoms with E-state index < -0.39 is 0 Å². The highest BCUT2D eigenvalue weighted by molar-refractivity contribution is 6.47. The SMILES string of the molecule is C[C@@H]1[C@@H](B2OC(C)(C)C(C)(C)O2)C[C@H]2C[C@@H]1C2(C)C. The van der Waals surface area contributed by atoms with Gasteiger partial charge in [-0.3, -0.25) is 0 Å². The topological polar surface area (TPSA) is 18.5 Å². The molecule has 0 unspecified atom stereocenters. The average Bonchev–Trinajstić information content (AvgIpc) is 2.47. The van der Waals surface area contributed by atoms with Crippen molar-refractivity contribution < 1.29 is 9.31 Å². The van der Waals surface area contributed by atoms with E-state index in [0.29, 0.717) is 11.2 Å². The zero-order chi connectivity index (χ0) is 14.2. The third kappa shape index (κ3) is 1.77. The summed E-state index contributed by atoms with van der Waals surface area (Å²) in [6.45, 7) is 15.9. The summed E-state index contributed by atoms with van der Waals surface area (Å²) in [5, 5.41) is 0. The largest absolute Gasteiger partial charge is 0.461 e. The Hall–Kier alpha value is -0.0151. The molecule has 0 amide bonds. The van der Waals surface area contributed by atoms with E-state index in [-0.39, 0.29) is 18.3 Å². The van der Waals surface area contributed by atoms with Gasteiger partial charge in [-0.05, 0) is 69.5 Å². The number of hydrogen-bond donors (Lipinski definition) is 0. The van der Waals surface area contributed by atoms with Crippen LogP contribution in [0, 0.1) is 23.2 Å². The highest BCUT2D eigenvalue weighted by atomic mass is 16.7. The molecule has 2 nitrogen and oxygen atoms in total. The van der Waals surface area contributed by atoms with Crippen molar-refractivity contribution in [2.45, 2.75) is 78.3 Å². The van der Waals surface area contributed by atoms with Crippen LogP contribution >= 0.6 is 0 Å². The van der Waals surface area contributed by atoms with E-state index in [2.05, 4.69) is 48.5 Å². The molecule has 1 aliphatic heterocycles. The third-order valence-corrected chi connectivity index (χ3v) is 7.03. The Bertz CT molecular complexity index is 372. The Labute approximate surface area is 118 Å². The molecule has 3 heteroatoms. The first-order valence-corrected chi connectivity index (χ1v) is 7.92. The van der Waals surface area contributed by atoms with E-state index in [1.807, 2.05) is 0 Å². The first-order valence-electron chi connectivity index (χ1n) is 7.92. The lowest BCUT2D eigenvalue weighted by Crippen LogP contribution is -2.56. The van der Waals surface area contributed by atoms with Crippen LogP contribution in [-0.4, -0.2) is 18.3 Å². The Balaban J connectivity index is 1.76. The van der Waals surface area contributed by atoms with E-state index >= 15 is 0 Å². The molecule has 0 aromatic carbocycles. The summed E-state index contributed by atoms with van der Waals surface area (Å²) in [4.78, 5) is 0. The van der Waals surface area contributed by atoms with Gasteiger partial charge in [-0.15, -0.1) is 0 Å². The molecule has 4 fully saturated rings. The molecule has 0 spiro atoms. The first-order chi connectivity index (χ1) is 8.56. The molecule has 0 aromatic heterocycles. The lowest BCUT2D eigenvalue weighted by atomic mass is 9.39. The van der Waals surface area contributed by atoms with Gasteiger partial charge in [0.1, 0.15) is 0 Å². The molecular weight excluding hydrogens is 235 g/mol. The molecule has 0 aromatic rings. The van der Waals surface area contributed by atoms with Crippen LogP contribution in [0.1, 0.15) is 61.3 Å². The van der Waals surface area contributed by atoms with Gasteiger partial charge in [0.15, 0.2) is 0 Å². The van der Waals surface area contributed by atoms with E-state index in [1.165, 1.54) is 12.8 Å². The third-order valence-electron chi connectivity index (χ3n) is 7.03. The van der Waals surface area contributed by atoms with Crippen molar-refractivity contribution >= 4 is 7.12 Å². The highest BCUT2D eigenvalue weighted by Crippen LogP contribution is 2.65. The maximum Gasteiger partial charge on any atom is 0.461 e. The maximum atomic E-state index is 6.29. The predicted octanol–water partition coefficient (Wildman–Crippen LogP) is 4.15. The zero-order valence-electron chi connectivity index (χ0n) is 13.6. The van der Waals surface area contributed by atoms with Crippen molar-refractivity contribution in [1.29, 1.82) is 0 Å². The van der Waals surface area contributed by atoms with Gasteiger partial charge in [-0.25, -0.2) is 0 Å². The summed E-state index contributed by atoms with van der Waals surface area (Å²) in [6.07, 6.45) is 2.70. The standard InChI is InChI=1S/C16H29BO2/c1-10-12-8-11(14(12,2)3)9-13(10)17-18-15(4,5)16(6,7)19-17/h10-13H,8-9H2,1-7H3/t10-,11+,12-,13-/m0/s1. The Morgan fingerprint density at radius 3 is 1.84 bits per heavy atom. The van der Waals surface area contributed by atoms with Gasteiger partial charge < -0.3 is 9.31 Å². The van der Waals surface area contributed by atoms with E-state index in [1.54, 1.807) is 0 Å². The van der Waals surface area contributed by atoms with Crippen LogP contribution in [0.15, 0.2) is 0 Å². The summed E-state index contributed by atoms with van der Waals surface area (Å²) in [5.74, 6) is 3.03. The summed E-state index contributed by atoms with van der Waals surface area (Å²) in [5.41, 5.74) is 0.169. The number of rotatable bonds is 1. The molecule has 1 saturated heterocycles. The molecule has 4 rings (SSSR count). The minimum atomic E-state index is -0.186. The highest BCUT2D eigenvalue weighted by Gasteiger charge is 2.62. The van der Waals surface area contributed by atoms with Crippen molar-refractivity contribution in [3.05, 3.63) is 0 Å². The molecule has 4 atom stereocenters. The zero-order valence-corrected chi connectivity index (χ0v) is 13.6. The normalized spacial score (nSPS) is 45.9. The van der Waals surface area contributed by atoms with Crippen molar-refractivity contribution in [2.24, 2.45) is 23.2 Å². The smallest absolute Gasteiger partial charge is 0.403 e. The van der Waals surface area contributed by atoms with Crippen LogP contribution in [0.5, 0.6) is 0 Å².